The molecule has 2 rings (SSSR count). The van der Waals surface area contributed by atoms with Crippen molar-refractivity contribution in [3.8, 4) is 0 Å². The van der Waals surface area contributed by atoms with Crippen LogP contribution in [0.25, 0.3) is 0 Å². The van der Waals surface area contributed by atoms with Crippen molar-refractivity contribution in [2.45, 2.75) is 10.9 Å². The van der Waals surface area contributed by atoms with Crippen LogP contribution in [0.3, 0.4) is 0 Å². The summed E-state index contributed by atoms with van der Waals surface area (Å²) in [6, 6.07) is 3.55. The molecule has 2 aromatic heterocycles. The Morgan fingerprint density at radius 3 is 2.89 bits per heavy atom. The molecule has 18 heavy (non-hydrogen) atoms. The van der Waals surface area contributed by atoms with Gasteiger partial charge in [-0.1, -0.05) is 17.8 Å². The lowest BCUT2D eigenvalue weighted by atomic mass is 10.3. The van der Waals surface area contributed by atoms with Crippen molar-refractivity contribution in [2.24, 2.45) is 7.05 Å². The molecule has 2 aromatic rings. The number of nitrogens with one attached hydrogen (secondary N) is 1. The Bertz CT molecular complexity index is 661. The fraction of sp³-hybridized carbons (Fsp3) is 0.200. The third-order valence-electron chi connectivity index (χ3n) is 2.16. The summed E-state index contributed by atoms with van der Waals surface area (Å²) in [7, 11) is 1.62. The molecule has 94 valence electrons. The number of pyridine rings is 1. The molecule has 0 aliphatic rings. The topological polar surface area (TPSA) is 107 Å². The van der Waals surface area contributed by atoms with E-state index in [0.717, 1.165) is 5.56 Å². The van der Waals surface area contributed by atoms with Gasteiger partial charge in [-0.3, -0.25) is 19.4 Å². The second kappa shape index (κ2) is 5.05. The molecule has 0 aliphatic heterocycles. The number of nitrogen functional groups attached to an aromatic ring is 1. The van der Waals surface area contributed by atoms with Crippen LogP contribution in [0.4, 0.5) is 5.82 Å². The number of nitrogens with two attached hydrogens (primary N) is 1. The highest BCUT2D eigenvalue weighted by molar-refractivity contribution is 7.98. The fourth-order valence-electron chi connectivity index (χ4n) is 1.26. The van der Waals surface area contributed by atoms with E-state index in [2.05, 4.69) is 15.1 Å². The lowest BCUT2D eigenvalue weighted by Gasteiger charge is -2.05. The van der Waals surface area contributed by atoms with Crippen LogP contribution >= 0.6 is 11.8 Å². The van der Waals surface area contributed by atoms with E-state index in [1.54, 1.807) is 19.3 Å². The second-order valence-corrected chi connectivity index (χ2v) is 4.52. The Labute approximate surface area is 106 Å². The molecule has 0 atom stereocenters. The quantitative estimate of drug-likeness (QED) is 0.585. The van der Waals surface area contributed by atoms with Gasteiger partial charge in [-0.15, -0.1) is 0 Å². The van der Waals surface area contributed by atoms with Gasteiger partial charge in [-0.25, -0.2) is 4.98 Å². The lowest BCUT2D eigenvalue weighted by molar-refractivity contribution is 0.596. The number of thioether (sulfide) groups is 1. The van der Waals surface area contributed by atoms with Gasteiger partial charge in [-0.2, -0.15) is 4.98 Å². The smallest absolute Gasteiger partial charge is 0.339 e. The SMILES string of the molecule is Cn1[nH]c(=O)c(=O)nc1SCc1ccc(N)nc1. The zero-order valence-electron chi connectivity index (χ0n) is 9.58. The van der Waals surface area contributed by atoms with Crippen molar-refractivity contribution in [1.82, 2.24) is 19.7 Å². The minimum atomic E-state index is -0.786. The molecule has 0 amide bonds. The van der Waals surface area contributed by atoms with Crippen molar-refractivity contribution >= 4 is 17.6 Å². The van der Waals surface area contributed by atoms with Gasteiger partial charge < -0.3 is 5.73 Å². The number of nitrogens with zero attached hydrogens (tertiary/aromatic N) is 3. The maximum atomic E-state index is 11.1. The summed E-state index contributed by atoms with van der Waals surface area (Å²) in [5.74, 6) is 1.04. The van der Waals surface area contributed by atoms with Crippen LogP contribution in [0.5, 0.6) is 0 Å². The Morgan fingerprint density at radius 2 is 2.22 bits per heavy atom. The summed E-state index contributed by atoms with van der Waals surface area (Å²) in [5, 5.41) is 2.82. The van der Waals surface area contributed by atoms with Crippen molar-refractivity contribution < 1.29 is 0 Å². The van der Waals surface area contributed by atoms with Crippen LogP contribution in [-0.2, 0) is 12.8 Å². The number of hydrogen-bond acceptors (Lipinski definition) is 6. The van der Waals surface area contributed by atoms with Gasteiger partial charge in [0.1, 0.15) is 5.82 Å². The minimum absolute atomic E-state index is 0.441. The normalized spacial score (nSPS) is 10.5. The van der Waals surface area contributed by atoms with E-state index in [1.165, 1.54) is 16.4 Å². The van der Waals surface area contributed by atoms with E-state index < -0.39 is 11.1 Å². The van der Waals surface area contributed by atoms with Gasteiger partial charge in [0.25, 0.3) is 0 Å². The third kappa shape index (κ3) is 2.77. The van der Waals surface area contributed by atoms with Crippen LogP contribution in [0.2, 0.25) is 0 Å². The Kier molecular flexibility index (Phi) is 3.47. The first-order chi connectivity index (χ1) is 8.56. The van der Waals surface area contributed by atoms with E-state index in [1.807, 2.05) is 6.07 Å². The predicted molar refractivity (Wildman–Crippen MR) is 68.3 cm³/mol. The molecule has 0 aliphatic carbocycles. The zero-order valence-corrected chi connectivity index (χ0v) is 10.4. The molecule has 3 N–H and O–H groups in total. The number of H-pyrrole nitrogens is 1. The van der Waals surface area contributed by atoms with Crippen molar-refractivity contribution in [1.29, 1.82) is 0 Å². The number of anilines is 1. The van der Waals surface area contributed by atoms with E-state index in [4.69, 9.17) is 5.73 Å². The molecule has 0 fully saturated rings. The molecule has 0 radical (unpaired) electrons. The van der Waals surface area contributed by atoms with Gasteiger partial charge in [0.15, 0.2) is 5.16 Å². The average molecular weight is 265 g/mol. The first kappa shape index (κ1) is 12.4. The van der Waals surface area contributed by atoms with Crippen LogP contribution in [0.15, 0.2) is 33.1 Å². The van der Waals surface area contributed by atoms with Crippen molar-refractivity contribution in [2.75, 3.05) is 5.73 Å². The molecule has 2 heterocycles. The third-order valence-corrected chi connectivity index (χ3v) is 3.26. The van der Waals surface area contributed by atoms with Crippen LogP contribution < -0.4 is 16.9 Å². The summed E-state index contributed by atoms with van der Waals surface area (Å²) in [6.45, 7) is 0. The summed E-state index contributed by atoms with van der Waals surface area (Å²) >= 11 is 1.33. The zero-order chi connectivity index (χ0) is 13.1. The number of aromatic nitrogens is 4. The first-order valence-electron chi connectivity index (χ1n) is 5.07. The average Bonchev–Trinajstić information content (AvgIpc) is 2.34. The fourth-order valence-corrected chi connectivity index (χ4v) is 2.11. The molecule has 0 saturated carbocycles. The molecular formula is C10H11N5O2S. The summed E-state index contributed by atoms with van der Waals surface area (Å²) < 4.78 is 1.42. The molecule has 0 bridgehead atoms. The number of rotatable bonds is 3. The standard InChI is InChI=1S/C10H11N5O2S/c1-15-10(13-8(16)9(17)14-15)18-5-6-2-3-7(11)12-4-6/h2-4H,5H2,1H3,(H2,11,12)(H,14,17). The van der Waals surface area contributed by atoms with Gasteiger partial charge in [0.05, 0.1) is 0 Å². The van der Waals surface area contributed by atoms with Crippen molar-refractivity contribution in [3.63, 3.8) is 0 Å². The highest BCUT2D eigenvalue weighted by atomic mass is 32.2. The largest absolute Gasteiger partial charge is 0.384 e. The number of hydrogen-bond donors (Lipinski definition) is 2. The summed E-state index contributed by atoms with van der Waals surface area (Å²) in [6.07, 6.45) is 1.66. The Morgan fingerprint density at radius 1 is 1.44 bits per heavy atom. The maximum Gasteiger partial charge on any atom is 0.339 e. The van der Waals surface area contributed by atoms with Gasteiger partial charge >= 0.3 is 11.1 Å². The molecule has 7 nitrogen and oxygen atoms in total. The molecule has 0 unspecified atom stereocenters. The van der Waals surface area contributed by atoms with Gasteiger partial charge in [-0.05, 0) is 11.6 Å². The highest BCUT2D eigenvalue weighted by Gasteiger charge is 2.05. The number of aromatic amines is 1. The predicted octanol–water partition coefficient (Wildman–Crippen LogP) is -0.262. The van der Waals surface area contributed by atoms with Crippen LogP contribution in [0.1, 0.15) is 5.56 Å². The van der Waals surface area contributed by atoms with E-state index in [0.29, 0.717) is 16.7 Å². The van der Waals surface area contributed by atoms with Gasteiger partial charge in [0.2, 0.25) is 0 Å². The second-order valence-electron chi connectivity index (χ2n) is 3.58. The summed E-state index contributed by atoms with van der Waals surface area (Å²) in [5.41, 5.74) is 4.92. The lowest BCUT2D eigenvalue weighted by Crippen LogP contribution is -2.33. The Hall–Kier alpha value is -2.09. The van der Waals surface area contributed by atoms with E-state index in [-0.39, 0.29) is 0 Å². The van der Waals surface area contributed by atoms with Crippen LogP contribution in [-0.4, -0.2) is 19.7 Å². The Balaban J connectivity index is 2.15. The molecule has 8 heteroatoms. The number of aryl methyl sites for hydroxylation is 1. The molecule has 0 spiro atoms. The van der Waals surface area contributed by atoms with Crippen molar-refractivity contribution in [3.05, 3.63) is 44.6 Å². The molecule has 0 saturated heterocycles. The molecular weight excluding hydrogens is 254 g/mol. The maximum absolute atomic E-state index is 11.1. The van der Waals surface area contributed by atoms with E-state index >= 15 is 0 Å². The first-order valence-corrected chi connectivity index (χ1v) is 6.05. The van der Waals surface area contributed by atoms with Crippen LogP contribution in [0, 0.1) is 0 Å². The monoisotopic (exact) mass is 265 g/mol. The minimum Gasteiger partial charge on any atom is -0.384 e. The van der Waals surface area contributed by atoms with Gasteiger partial charge in [0, 0.05) is 19.0 Å². The molecule has 0 aromatic carbocycles. The summed E-state index contributed by atoms with van der Waals surface area (Å²) in [4.78, 5) is 29.8. The highest BCUT2D eigenvalue weighted by Crippen LogP contribution is 2.18. The van der Waals surface area contributed by atoms with E-state index in [9.17, 15) is 9.59 Å².